The van der Waals surface area contributed by atoms with Crippen molar-refractivity contribution in [2.75, 3.05) is 6.61 Å². The van der Waals surface area contributed by atoms with Crippen molar-refractivity contribution < 1.29 is 24.2 Å². The summed E-state index contributed by atoms with van der Waals surface area (Å²) >= 11 is 0. The van der Waals surface area contributed by atoms with E-state index in [1.165, 1.54) is 4.90 Å². The average Bonchev–Trinajstić information content (AvgIpc) is 2.98. The first kappa shape index (κ1) is 15.1. The Bertz CT molecular complexity index is 380. The summed E-state index contributed by atoms with van der Waals surface area (Å²) in [5.41, 5.74) is -0.635. The Morgan fingerprint density at radius 1 is 1.30 bits per heavy atom. The zero-order valence-corrected chi connectivity index (χ0v) is 12.3. The van der Waals surface area contributed by atoms with Crippen molar-refractivity contribution in [3.63, 3.8) is 0 Å². The van der Waals surface area contributed by atoms with Crippen molar-refractivity contribution in [3.8, 4) is 0 Å². The second-order valence-electron chi connectivity index (χ2n) is 6.45. The number of carboxylic acid groups (broad SMARTS) is 1. The molecule has 1 aliphatic heterocycles. The maximum atomic E-state index is 12.3. The van der Waals surface area contributed by atoms with Gasteiger partial charge in [-0.1, -0.05) is 0 Å². The maximum Gasteiger partial charge on any atom is 0.411 e. The number of hydrogen-bond acceptors (Lipinski definition) is 4. The average molecular weight is 285 g/mol. The van der Waals surface area contributed by atoms with Crippen LogP contribution >= 0.6 is 0 Å². The molecule has 2 atom stereocenters. The van der Waals surface area contributed by atoms with E-state index in [0.29, 0.717) is 13.0 Å². The monoisotopic (exact) mass is 285 g/mol. The Balaban J connectivity index is 2.16. The second-order valence-corrected chi connectivity index (χ2v) is 6.45. The molecule has 1 saturated heterocycles. The van der Waals surface area contributed by atoms with Gasteiger partial charge in [0.05, 0.1) is 6.10 Å². The van der Waals surface area contributed by atoms with Crippen LogP contribution in [-0.2, 0) is 14.3 Å². The van der Waals surface area contributed by atoms with Crippen molar-refractivity contribution in [1.29, 1.82) is 0 Å². The van der Waals surface area contributed by atoms with Crippen molar-refractivity contribution >= 4 is 12.1 Å². The molecule has 0 aromatic heterocycles. The van der Waals surface area contributed by atoms with Gasteiger partial charge in [-0.25, -0.2) is 9.59 Å². The third-order valence-electron chi connectivity index (χ3n) is 3.41. The fraction of sp³-hybridized carbons (Fsp3) is 0.857. The van der Waals surface area contributed by atoms with E-state index < -0.39 is 29.8 Å². The molecule has 1 saturated carbocycles. The van der Waals surface area contributed by atoms with Gasteiger partial charge in [0.1, 0.15) is 5.60 Å². The molecule has 0 aromatic rings. The summed E-state index contributed by atoms with van der Waals surface area (Å²) in [5, 5.41) is 9.50. The molecule has 1 amide bonds. The van der Waals surface area contributed by atoms with Gasteiger partial charge in [-0.05, 0) is 46.5 Å². The molecule has 1 aliphatic carbocycles. The fourth-order valence-corrected chi connectivity index (χ4v) is 2.47. The van der Waals surface area contributed by atoms with E-state index in [2.05, 4.69) is 0 Å². The molecule has 2 aliphatic rings. The topological polar surface area (TPSA) is 76.1 Å². The normalized spacial score (nSPS) is 24.2. The summed E-state index contributed by atoms with van der Waals surface area (Å²) in [6.07, 6.45) is 2.18. The minimum absolute atomic E-state index is 0.0323. The van der Waals surface area contributed by atoms with Gasteiger partial charge in [-0.3, -0.25) is 4.90 Å². The summed E-state index contributed by atoms with van der Waals surface area (Å²) in [5.74, 6) is -1.02. The maximum absolute atomic E-state index is 12.3. The molecular weight excluding hydrogens is 262 g/mol. The van der Waals surface area contributed by atoms with E-state index in [4.69, 9.17) is 9.47 Å². The lowest BCUT2D eigenvalue weighted by atomic mass is 10.1. The molecule has 1 N–H and O–H groups in total. The zero-order chi connectivity index (χ0) is 14.9. The lowest BCUT2D eigenvalue weighted by Crippen LogP contribution is -2.53. The van der Waals surface area contributed by atoms with Gasteiger partial charge in [0, 0.05) is 12.6 Å². The first-order valence-electron chi connectivity index (χ1n) is 7.15. The van der Waals surface area contributed by atoms with Crippen LogP contribution < -0.4 is 0 Å². The Labute approximate surface area is 119 Å². The smallest absolute Gasteiger partial charge is 0.411 e. The van der Waals surface area contributed by atoms with Gasteiger partial charge in [-0.2, -0.15) is 0 Å². The highest BCUT2D eigenvalue weighted by Gasteiger charge is 2.47. The number of nitrogens with zero attached hydrogens (tertiary/aromatic N) is 1. The highest BCUT2D eigenvalue weighted by Crippen LogP contribution is 2.33. The number of aliphatic carboxylic acids is 1. The van der Waals surface area contributed by atoms with E-state index in [1.807, 2.05) is 0 Å². The highest BCUT2D eigenvalue weighted by molar-refractivity contribution is 5.81. The first-order valence-corrected chi connectivity index (χ1v) is 7.15. The summed E-state index contributed by atoms with van der Waals surface area (Å²) in [6, 6.07) is -0.977. The number of carbonyl (C=O) groups excluding carboxylic acids is 1. The fourth-order valence-electron chi connectivity index (χ4n) is 2.47. The largest absolute Gasteiger partial charge is 0.480 e. The number of ether oxygens (including phenoxy) is 2. The SMILES string of the molecule is CC(C)(C)OC(=O)N(C1CC1)C(C(=O)O)C1CCCO1. The Kier molecular flexibility index (Phi) is 4.22. The van der Waals surface area contributed by atoms with Crippen LogP contribution in [0, 0.1) is 0 Å². The van der Waals surface area contributed by atoms with E-state index in [0.717, 1.165) is 19.3 Å². The molecule has 0 aromatic carbocycles. The van der Waals surface area contributed by atoms with E-state index in [-0.39, 0.29) is 6.04 Å². The van der Waals surface area contributed by atoms with Crippen LogP contribution in [0.15, 0.2) is 0 Å². The first-order chi connectivity index (χ1) is 9.29. The quantitative estimate of drug-likeness (QED) is 0.855. The third-order valence-corrected chi connectivity index (χ3v) is 3.41. The molecule has 6 nitrogen and oxygen atoms in total. The molecule has 2 unspecified atom stereocenters. The van der Waals surface area contributed by atoms with Crippen LogP contribution in [0.1, 0.15) is 46.5 Å². The molecule has 20 heavy (non-hydrogen) atoms. The summed E-state index contributed by atoms with van der Waals surface area (Å²) in [4.78, 5) is 25.3. The number of carboxylic acids is 1. The Hall–Kier alpha value is -1.30. The van der Waals surface area contributed by atoms with E-state index in [9.17, 15) is 14.7 Å². The van der Waals surface area contributed by atoms with Gasteiger partial charge >= 0.3 is 12.1 Å². The molecule has 0 bridgehead atoms. The van der Waals surface area contributed by atoms with Gasteiger partial charge < -0.3 is 14.6 Å². The summed E-state index contributed by atoms with van der Waals surface area (Å²) < 4.78 is 10.8. The molecule has 2 fully saturated rings. The molecule has 0 radical (unpaired) electrons. The second kappa shape index (κ2) is 5.60. The van der Waals surface area contributed by atoms with Gasteiger partial charge in [0.15, 0.2) is 6.04 Å². The molecule has 6 heteroatoms. The lowest BCUT2D eigenvalue weighted by molar-refractivity contribution is -0.148. The summed E-state index contributed by atoms with van der Waals surface area (Å²) in [6.45, 7) is 5.88. The van der Waals surface area contributed by atoms with Crippen LogP contribution in [-0.4, -0.2) is 52.5 Å². The van der Waals surface area contributed by atoms with Crippen LogP contribution in [0.2, 0.25) is 0 Å². The van der Waals surface area contributed by atoms with Crippen molar-refractivity contribution in [3.05, 3.63) is 0 Å². The molecule has 114 valence electrons. The minimum Gasteiger partial charge on any atom is -0.480 e. The third kappa shape index (κ3) is 3.62. The molecule has 2 rings (SSSR count). The van der Waals surface area contributed by atoms with Gasteiger partial charge in [-0.15, -0.1) is 0 Å². The predicted octanol–water partition coefficient (Wildman–Crippen LogP) is 2.02. The minimum atomic E-state index is -1.02. The molecular formula is C14H23NO5. The van der Waals surface area contributed by atoms with Crippen LogP contribution in [0.5, 0.6) is 0 Å². The Morgan fingerprint density at radius 2 is 1.95 bits per heavy atom. The Morgan fingerprint density at radius 3 is 2.35 bits per heavy atom. The predicted molar refractivity (Wildman–Crippen MR) is 71.5 cm³/mol. The van der Waals surface area contributed by atoms with Gasteiger partial charge in [0.25, 0.3) is 0 Å². The van der Waals surface area contributed by atoms with Crippen molar-refractivity contribution in [2.45, 2.75) is 70.2 Å². The molecule has 0 spiro atoms. The van der Waals surface area contributed by atoms with Crippen LogP contribution in [0.4, 0.5) is 4.79 Å². The summed E-state index contributed by atoms with van der Waals surface area (Å²) in [7, 11) is 0. The molecule has 1 heterocycles. The van der Waals surface area contributed by atoms with Gasteiger partial charge in [0.2, 0.25) is 0 Å². The lowest BCUT2D eigenvalue weighted by Gasteiger charge is -2.33. The van der Waals surface area contributed by atoms with Crippen molar-refractivity contribution in [2.24, 2.45) is 0 Å². The van der Waals surface area contributed by atoms with E-state index in [1.54, 1.807) is 20.8 Å². The van der Waals surface area contributed by atoms with Crippen LogP contribution in [0.25, 0.3) is 0 Å². The highest BCUT2D eigenvalue weighted by atomic mass is 16.6. The van der Waals surface area contributed by atoms with E-state index >= 15 is 0 Å². The number of hydrogen-bond donors (Lipinski definition) is 1. The standard InChI is InChI=1S/C14H23NO5/c1-14(2,3)20-13(18)15(9-6-7-9)11(12(16)17)10-5-4-8-19-10/h9-11H,4-8H2,1-3H3,(H,16,17). The zero-order valence-electron chi connectivity index (χ0n) is 12.3. The number of rotatable bonds is 4. The van der Waals surface area contributed by atoms with Crippen LogP contribution in [0.3, 0.4) is 0 Å². The number of carbonyl (C=O) groups is 2. The van der Waals surface area contributed by atoms with Crippen molar-refractivity contribution in [1.82, 2.24) is 4.90 Å². The number of amides is 1.